The number of nitrogens with zero attached hydrogens (tertiary/aromatic N) is 3. The molecule has 17 heavy (non-hydrogen) atoms. The van der Waals surface area contributed by atoms with E-state index in [1.807, 2.05) is 6.92 Å². The SMILES string of the molecule is Cc1nc(CCNCC2CCCN(C)C2)no1. The van der Waals surface area contributed by atoms with Crippen molar-refractivity contribution in [2.75, 3.05) is 33.2 Å². The maximum atomic E-state index is 4.93. The van der Waals surface area contributed by atoms with Gasteiger partial charge in [0.15, 0.2) is 5.82 Å². The van der Waals surface area contributed by atoms with Gasteiger partial charge >= 0.3 is 0 Å². The van der Waals surface area contributed by atoms with Crippen LogP contribution in [-0.2, 0) is 6.42 Å². The monoisotopic (exact) mass is 238 g/mol. The fraction of sp³-hybridized carbons (Fsp3) is 0.833. The van der Waals surface area contributed by atoms with Gasteiger partial charge in [0.1, 0.15) is 0 Å². The van der Waals surface area contributed by atoms with Crippen LogP contribution in [0.3, 0.4) is 0 Å². The van der Waals surface area contributed by atoms with Crippen molar-refractivity contribution in [1.82, 2.24) is 20.4 Å². The first-order chi connectivity index (χ1) is 8.24. The normalized spacial score (nSPS) is 21.9. The largest absolute Gasteiger partial charge is 0.340 e. The molecule has 0 radical (unpaired) electrons. The Morgan fingerprint density at radius 3 is 3.12 bits per heavy atom. The summed E-state index contributed by atoms with van der Waals surface area (Å²) >= 11 is 0. The minimum Gasteiger partial charge on any atom is -0.340 e. The highest BCUT2D eigenvalue weighted by molar-refractivity contribution is 4.84. The maximum absolute atomic E-state index is 4.93. The van der Waals surface area contributed by atoms with Crippen molar-refractivity contribution in [2.45, 2.75) is 26.2 Å². The average molecular weight is 238 g/mol. The Balaban J connectivity index is 1.59. The number of hydrogen-bond donors (Lipinski definition) is 1. The Hall–Kier alpha value is -0.940. The fourth-order valence-electron chi connectivity index (χ4n) is 2.39. The van der Waals surface area contributed by atoms with E-state index in [-0.39, 0.29) is 0 Å². The molecule has 1 aliphatic rings. The molecule has 0 bridgehead atoms. The maximum Gasteiger partial charge on any atom is 0.223 e. The smallest absolute Gasteiger partial charge is 0.223 e. The number of likely N-dealkylation sites (tertiary alicyclic amines) is 1. The molecule has 0 saturated carbocycles. The summed E-state index contributed by atoms with van der Waals surface area (Å²) in [6.45, 7) is 6.31. The van der Waals surface area contributed by atoms with E-state index >= 15 is 0 Å². The summed E-state index contributed by atoms with van der Waals surface area (Å²) in [5.74, 6) is 2.24. The van der Waals surface area contributed by atoms with E-state index in [0.29, 0.717) is 5.89 Å². The van der Waals surface area contributed by atoms with Crippen LogP contribution in [0.4, 0.5) is 0 Å². The molecule has 1 aromatic rings. The zero-order chi connectivity index (χ0) is 12.1. The minimum absolute atomic E-state index is 0.647. The molecule has 0 spiro atoms. The van der Waals surface area contributed by atoms with Gasteiger partial charge in [0, 0.05) is 26.4 Å². The highest BCUT2D eigenvalue weighted by Gasteiger charge is 2.16. The second kappa shape index (κ2) is 6.12. The molecule has 1 atom stereocenters. The van der Waals surface area contributed by atoms with Gasteiger partial charge in [-0.3, -0.25) is 0 Å². The van der Waals surface area contributed by atoms with Gasteiger partial charge in [-0.05, 0) is 38.9 Å². The first kappa shape index (κ1) is 12.5. The number of rotatable bonds is 5. The van der Waals surface area contributed by atoms with Crippen LogP contribution in [0, 0.1) is 12.8 Å². The average Bonchev–Trinajstić information content (AvgIpc) is 2.71. The topological polar surface area (TPSA) is 54.2 Å². The van der Waals surface area contributed by atoms with Crippen LogP contribution in [0.2, 0.25) is 0 Å². The first-order valence-corrected chi connectivity index (χ1v) is 6.42. The van der Waals surface area contributed by atoms with Crippen molar-refractivity contribution in [3.63, 3.8) is 0 Å². The summed E-state index contributed by atoms with van der Waals surface area (Å²) in [6.07, 6.45) is 3.52. The van der Waals surface area contributed by atoms with E-state index in [1.165, 1.54) is 25.9 Å². The summed E-state index contributed by atoms with van der Waals surface area (Å²) in [4.78, 5) is 6.60. The first-order valence-electron chi connectivity index (χ1n) is 6.42. The molecule has 1 fully saturated rings. The molecule has 1 unspecified atom stereocenters. The molecule has 1 aromatic heterocycles. The van der Waals surface area contributed by atoms with Gasteiger partial charge in [-0.2, -0.15) is 4.98 Å². The summed E-state index contributed by atoms with van der Waals surface area (Å²) in [5, 5.41) is 7.36. The van der Waals surface area contributed by atoms with Crippen molar-refractivity contribution in [3.05, 3.63) is 11.7 Å². The second-order valence-corrected chi connectivity index (χ2v) is 4.95. The number of piperidine rings is 1. The quantitative estimate of drug-likeness (QED) is 0.771. The van der Waals surface area contributed by atoms with E-state index in [9.17, 15) is 0 Å². The van der Waals surface area contributed by atoms with Gasteiger partial charge in [-0.15, -0.1) is 0 Å². The summed E-state index contributed by atoms with van der Waals surface area (Å²) in [6, 6.07) is 0. The van der Waals surface area contributed by atoms with Crippen LogP contribution in [-0.4, -0.2) is 48.3 Å². The molecule has 0 amide bonds. The Morgan fingerprint density at radius 2 is 2.41 bits per heavy atom. The summed E-state index contributed by atoms with van der Waals surface area (Å²) in [7, 11) is 2.20. The van der Waals surface area contributed by atoms with Crippen LogP contribution >= 0.6 is 0 Å². The lowest BCUT2D eigenvalue weighted by atomic mass is 9.98. The predicted molar refractivity (Wildman–Crippen MR) is 65.8 cm³/mol. The minimum atomic E-state index is 0.647. The lowest BCUT2D eigenvalue weighted by Gasteiger charge is -2.29. The third-order valence-electron chi connectivity index (χ3n) is 3.25. The van der Waals surface area contributed by atoms with Crippen LogP contribution in [0.25, 0.3) is 0 Å². The molecular weight excluding hydrogens is 216 g/mol. The van der Waals surface area contributed by atoms with Gasteiger partial charge < -0.3 is 14.7 Å². The molecule has 0 aromatic carbocycles. The molecule has 5 heteroatoms. The predicted octanol–water partition coefficient (Wildman–Crippen LogP) is 0.852. The van der Waals surface area contributed by atoms with Crippen molar-refractivity contribution in [1.29, 1.82) is 0 Å². The number of aryl methyl sites for hydroxylation is 1. The van der Waals surface area contributed by atoms with E-state index in [1.54, 1.807) is 0 Å². The second-order valence-electron chi connectivity index (χ2n) is 4.95. The molecule has 1 saturated heterocycles. The van der Waals surface area contributed by atoms with E-state index in [2.05, 4.69) is 27.4 Å². The Labute approximate surface area is 103 Å². The molecule has 1 aliphatic heterocycles. The third-order valence-corrected chi connectivity index (χ3v) is 3.25. The molecule has 2 heterocycles. The van der Waals surface area contributed by atoms with Crippen LogP contribution in [0.1, 0.15) is 24.6 Å². The number of nitrogens with one attached hydrogen (secondary N) is 1. The standard InChI is InChI=1S/C12H22N4O/c1-10-14-12(15-17-10)5-6-13-8-11-4-3-7-16(2)9-11/h11,13H,3-9H2,1-2H3. The molecule has 0 aliphatic carbocycles. The summed E-state index contributed by atoms with van der Waals surface area (Å²) < 4.78 is 4.93. The number of hydrogen-bond acceptors (Lipinski definition) is 5. The zero-order valence-electron chi connectivity index (χ0n) is 10.8. The van der Waals surface area contributed by atoms with Gasteiger partial charge in [0.2, 0.25) is 5.89 Å². The third kappa shape index (κ3) is 4.09. The lowest BCUT2D eigenvalue weighted by molar-refractivity contribution is 0.206. The zero-order valence-corrected chi connectivity index (χ0v) is 10.8. The van der Waals surface area contributed by atoms with Gasteiger partial charge in [-0.25, -0.2) is 0 Å². The van der Waals surface area contributed by atoms with Crippen LogP contribution in [0.15, 0.2) is 4.52 Å². The molecule has 1 N–H and O–H groups in total. The van der Waals surface area contributed by atoms with Crippen molar-refractivity contribution >= 4 is 0 Å². The Kier molecular flexibility index (Phi) is 4.50. The molecular formula is C12H22N4O. The fourth-order valence-corrected chi connectivity index (χ4v) is 2.39. The van der Waals surface area contributed by atoms with E-state index in [0.717, 1.165) is 31.3 Å². The highest BCUT2D eigenvalue weighted by atomic mass is 16.5. The highest BCUT2D eigenvalue weighted by Crippen LogP contribution is 2.13. The van der Waals surface area contributed by atoms with Crippen molar-refractivity contribution in [3.8, 4) is 0 Å². The van der Waals surface area contributed by atoms with E-state index in [4.69, 9.17) is 4.52 Å². The Bertz CT molecular complexity index is 339. The van der Waals surface area contributed by atoms with E-state index < -0.39 is 0 Å². The van der Waals surface area contributed by atoms with Crippen LogP contribution in [0.5, 0.6) is 0 Å². The summed E-state index contributed by atoms with van der Waals surface area (Å²) in [5.41, 5.74) is 0. The lowest BCUT2D eigenvalue weighted by Crippen LogP contribution is -2.37. The van der Waals surface area contributed by atoms with Gasteiger partial charge in [0.25, 0.3) is 0 Å². The molecule has 5 nitrogen and oxygen atoms in total. The van der Waals surface area contributed by atoms with Crippen LogP contribution < -0.4 is 5.32 Å². The van der Waals surface area contributed by atoms with Crippen molar-refractivity contribution < 1.29 is 4.52 Å². The molecule has 96 valence electrons. The Morgan fingerprint density at radius 1 is 1.53 bits per heavy atom. The van der Waals surface area contributed by atoms with Gasteiger partial charge in [0.05, 0.1) is 0 Å². The van der Waals surface area contributed by atoms with Gasteiger partial charge in [-0.1, -0.05) is 5.16 Å². The molecule has 2 rings (SSSR count). The van der Waals surface area contributed by atoms with Crippen molar-refractivity contribution in [2.24, 2.45) is 5.92 Å². The number of aromatic nitrogens is 2.